The summed E-state index contributed by atoms with van der Waals surface area (Å²) in [4.78, 5) is 32.7. The number of urea groups is 1. The van der Waals surface area contributed by atoms with E-state index in [-0.39, 0.29) is 29.0 Å². The molecule has 7 rings (SSSR count). The van der Waals surface area contributed by atoms with Gasteiger partial charge >= 0.3 is 6.03 Å². The molecule has 0 fully saturated rings. The number of ether oxygens (including phenoxy) is 1. The van der Waals surface area contributed by atoms with Crippen molar-refractivity contribution in [3.63, 3.8) is 0 Å². The molecule has 2 aromatic heterocycles. The van der Waals surface area contributed by atoms with Crippen molar-refractivity contribution in [1.82, 2.24) is 19.9 Å². The van der Waals surface area contributed by atoms with Gasteiger partial charge in [0.15, 0.2) is 0 Å². The van der Waals surface area contributed by atoms with Gasteiger partial charge in [0.1, 0.15) is 22.8 Å². The maximum Gasteiger partial charge on any atom is 0.340 e. The molecule has 0 atom stereocenters. The second-order valence-electron chi connectivity index (χ2n) is 12.3. The molecule has 2 heterocycles. The third kappa shape index (κ3) is 8.51. The van der Waals surface area contributed by atoms with E-state index in [9.17, 15) is 15.3 Å². The number of nitrogens with zero attached hydrogens (tertiary/aromatic N) is 8. The van der Waals surface area contributed by atoms with E-state index in [1.165, 1.54) is 7.11 Å². The van der Waals surface area contributed by atoms with Gasteiger partial charge in [-0.25, -0.2) is 24.7 Å². The Morgan fingerprint density at radius 1 is 0.672 bits per heavy atom. The summed E-state index contributed by atoms with van der Waals surface area (Å²) in [5.41, 5.74) is 10.9. The quantitative estimate of drug-likeness (QED) is 0.0838. The van der Waals surface area contributed by atoms with E-state index in [2.05, 4.69) is 32.7 Å². The van der Waals surface area contributed by atoms with Crippen molar-refractivity contribution < 1.29 is 9.53 Å². The maximum absolute atomic E-state index is 13.4. The monoisotopic (exact) mass is 801 g/mol. The number of carbonyl (C=O) groups is 1. The van der Waals surface area contributed by atoms with E-state index in [1.807, 2.05) is 12.1 Å². The molecule has 282 valence electrons. The van der Waals surface area contributed by atoms with Crippen LogP contribution in [0, 0.1) is 22.7 Å². The lowest BCUT2D eigenvalue weighted by molar-refractivity contribution is 0.254. The van der Waals surface area contributed by atoms with Crippen LogP contribution in [0.15, 0.2) is 139 Å². The zero-order chi connectivity index (χ0) is 40.6. The van der Waals surface area contributed by atoms with Gasteiger partial charge in [-0.15, -0.1) is 0 Å². The van der Waals surface area contributed by atoms with Crippen molar-refractivity contribution in [2.45, 2.75) is 0 Å². The topological polar surface area (TPSA) is 191 Å². The van der Waals surface area contributed by atoms with Crippen LogP contribution in [0.3, 0.4) is 0 Å². The molecule has 0 unspecified atom stereocenters. The number of nitriles is 2. The van der Waals surface area contributed by atoms with Gasteiger partial charge < -0.3 is 21.1 Å². The first-order chi connectivity index (χ1) is 28.2. The number of nitrogens with one attached hydrogen (secondary N) is 2. The number of rotatable bonds is 11. The number of hydrazone groups is 1. The largest absolute Gasteiger partial charge is 0.497 e. The minimum atomic E-state index is -0.920. The summed E-state index contributed by atoms with van der Waals surface area (Å²) in [5.74, 6) is 0.827. The first-order valence-corrected chi connectivity index (χ1v) is 18.1. The number of hydrogen-bond acceptors (Lipinski definition) is 11. The fraction of sp³-hybridized carbons (Fsp3) is 0.0233. The van der Waals surface area contributed by atoms with Crippen LogP contribution in [0.1, 0.15) is 22.5 Å². The number of halogens is 2. The molecule has 0 radical (unpaired) electrons. The highest BCUT2D eigenvalue weighted by molar-refractivity contribution is 6.34. The van der Waals surface area contributed by atoms with Crippen LogP contribution in [-0.2, 0) is 0 Å². The predicted molar refractivity (Wildman–Crippen MR) is 225 cm³/mol. The van der Waals surface area contributed by atoms with E-state index < -0.39 is 6.03 Å². The van der Waals surface area contributed by atoms with Crippen molar-refractivity contribution in [2.75, 3.05) is 22.8 Å². The molecule has 15 heteroatoms. The van der Waals surface area contributed by atoms with Crippen molar-refractivity contribution in [2.24, 2.45) is 10.8 Å². The fourth-order valence-corrected chi connectivity index (χ4v) is 6.25. The second kappa shape index (κ2) is 17.3. The molecule has 58 heavy (non-hydrogen) atoms. The van der Waals surface area contributed by atoms with Gasteiger partial charge in [-0.3, -0.25) is 0 Å². The van der Waals surface area contributed by atoms with Gasteiger partial charge in [-0.1, -0.05) is 59.6 Å². The Balaban J connectivity index is 1.53. The highest BCUT2D eigenvalue weighted by atomic mass is 35.5. The number of aromatic nitrogens is 4. The van der Waals surface area contributed by atoms with Gasteiger partial charge in [0.2, 0.25) is 11.9 Å². The zero-order valence-electron chi connectivity index (χ0n) is 30.4. The number of amides is 2. The Labute approximate surface area is 342 Å². The molecule has 0 bridgehead atoms. The van der Waals surface area contributed by atoms with Crippen LogP contribution >= 0.6 is 23.2 Å². The Bertz CT molecular complexity index is 2590. The Kier molecular flexibility index (Phi) is 11.5. The second-order valence-corrected chi connectivity index (χ2v) is 13.1. The molecule has 0 spiro atoms. The van der Waals surface area contributed by atoms with Crippen molar-refractivity contribution in [1.29, 1.82) is 10.5 Å². The molecule has 7 aromatic rings. The summed E-state index contributed by atoms with van der Waals surface area (Å²) >= 11 is 13.7. The summed E-state index contributed by atoms with van der Waals surface area (Å²) in [6.07, 6.45) is 3.17. The van der Waals surface area contributed by atoms with Gasteiger partial charge in [-0.05, 0) is 84.9 Å². The van der Waals surface area contributed by atoms with Gasteiger partial charge in [-0.2, -0.15) is 20.6 Å². The van der Waals surface area contributed by atoms with Crippen LogP contribution in [0.2, 0.25) is 10.0 Å². The van der Waals surface area contributed by atoms with Crippen LogP contribution in [0.25, 0.3) is 22.3 Å². The van der Waals surface area contributed by atoms with Crippen LogP contribution in [0.4, 0.5) is 33.8 Å². The summed E-state index contributed by atoms with van der Waals surface area (Å²) in [6, 6.07) is 37.7. The van der Waals surface area contributed by atoms with E-state index in [0.29, 0.717) is 66.2 Å². The molecule has 0 aliphatic carbocycles. The summed E-state index contributed by atoms with van der Waals surface area (Å²) in [6.45, 7) is 0. The maximum atomic E-state index is 13.4. The molecule has 0 saturated heterocycles. The molecule has 0 aliphatic heterocycles. The Morgan fingerprint density at radius 3 is 1.52 bits per heavy atom. The third-order valence-corrected chi connectivity index (χ3v) is 9.28. The Hall–Kier alpha value is -7.84. The molecular weight excluding hydrogens is 773 g/mol. The van der Waals surface area contributed by atoms with Crippen LogP contribution in [-0.4, -0.2) is 38.8 Å². The number of hydrogen-bond donors (Lipinski definition) is 3. The fourth-order valence-electron chi connectivity index (χ4n) is 5.78. The molecule has 5 aromatic carbocycles. The lowest BCUT2D eigenvalue weighted by atomic mass is 9.97. The van der Waals surface area contributed by atoms with E-state index >= 15 is 0 Å². The first-order valence-electron chi connectivity index (χ1n) is 17.4. The zero-order valence-corrected chi connectivity index (χ0v) is 31.9. The number of anilines is 5. The molecule has 13 nitrogen and oxygen atoms in total. The van der Waals surface area contributed by atoms with Crippen molar-refractivity contribution in [3.05, 3.63) is 166 Å². The molecule has 0 saturated carbocycles. The highest BCUT2D eigenvalue weighted by Crippen LogP contribution is 2.36. The number of carbonyl (C=O) groups excluding carboxylic acids is 1. The minimum absolute atomic E-state index is 0.0509. The first kappa shape index (κ1) is 38.4. The minimum Gasteiger partial charge on any atom is -0.497 e. The lowest BCUT2D eigenvalue weighted by Gasteiger charge is -2.21. The average Bonchev–Trinajstić information content (AvgIpc) is 3.25. The smallest absolute Gasteiger partial charge is 0.340 e. The van der Waals surface area contributed by atoms with Crippen LogP contribution in [0.5, 0.6) is 5.75 Å². The highest BCUT2D eigenvalue weighted by Gasteiger charge is 2.27. The summed E-state index contributed by atoms with van der Waals surface area (Å²) in [5, 5.41) is 31.9. The van der Waals surface area contributed by atoms with Gasteiger partial charge in [0, 0.05) is 56.1 Å². The lowest BCUT2D eigenvalue weighted by Crippen LogP contribution is -2.33. The predicted octanol–water partition coefficient (Wildman–Crippen LogP) is 9.48. The number of primary amides is 1. The molecule has 4 N–H and O–H groups in total. The normalized spacial score (nSPS) is 10.4. The Morgan fingerprint density at radius 2 is 1.12 bits per heavy atom. The van der Waals surface area contributed by atoms with Crippen LogP contribution < -0.4 is 26.1 Å². The van der Waals surface area contributed by atoms with Gasteiger partial charge in [0.25, 0.3) is 0 Å². The number of methoxy groups -OCH3 is 1. The van der Waals surface area contributed by atoms with Crippen molar-refractivity contribution >= 4 is 63.9 Å². The van der Waals surface area contributed by atoms with E-state index in [1.54, 1.807) is 122 Å². The molecule has 2 amide bonds. The molecule has 0 aliphatic rings. The van der Waals surface area contributed by atoms with Gasteiger partial charge in [0.05, 0.1) is 36.1 Å². The summed E-state index contributed by atoms with van der Waals surface area (Å²) < 4.78 is 5.36. The van der Waals surface area contributed by atoms with E-state index in [0.717, 1.165) is 5.01 Å². The van der Waals surface area contributed by atoms with E-state index in [4.69, 9.17) is 48.7 Å². The summed E-state index contributed by atoms with van der Waals surface area (Å²) in [7, 11) is 1.53. The standard InChI is InChI=1S/C43H29Cl2N11O2/c1-58-31-20-18-30(19-21-31)56(41(48)57)55-40(38-34(32-6-2-4-8-36(32)44)24-49-42(53-38)51-28-14-10-26(22-46)11-15-28)39-35(33-7-3-5-9-37(33)45)25-50-43(54-39)52-29-16-12-27(23-47)13-17-29/h2-21,24-25H,1H3,(H2,48,57)(H,49,51,53)(H,50,52,54). The number of benzene rings is 5. The third-order valence-electron chi connectivity index (χ3n) is 8.62. The van der Waals surface area contributed by atoms with Crippen molar-refractivity contribution in [3.8, 4) is 40.1 Å². The SMILES string of the molecule is COc1ccc(N(N=C(c2nc(Nc3ccc(C#N)cc3)ncc2-c2ccccc2Cl)c2nc(Nc3ccc(C#N)cc3)ncc2-c2ccccc2Cl)C(N)=O)cc1. The number of nitrogens with two attached hydrogens (primary N) is 1. The average molecular weight is 803 g/mol. The molecular formula is C43H29Cl2N11O2.